The van der Waals surface area contributed by atoms with Crippen molar-refractivity contribution in [2.45, 2.75) is 38.3 Å². The molecule has 1 N–H and O–H groups in total. The molecule has 3 nitrogen and oxygen atoms in total. The van der Waals surface area contributed by atoms with E-state index in [-0.39, 0.29) is 17.8 Å². The average molecular weight is 277 g/mol. The van der Waals surface area contributed by atoms with Crippen LogP contribution in [0.4, 0.5) is 4.39 Å². The van der Waals surface area contributed by atoms with Crippen LogP contribution < -0.4 is 0 Å². The highest BCUT2D eigenvalue weighted by Crippen LogP contribution is 2.20. The second kappa shape index (κ2) is 6.66. The molecule has 1 amide bonds. The normalized spacial score (nSPS) is 21.1. The lowest BCUT2D eigenvalue weighted by Gasteiger charge is -2.36. The Morgan fingerprint density at radius 1 is 1.40 bits per heavy atom. The van der Waals surface area contributed by atoms with E-state index in [4.69, 9.17) is 0 Å². The molecule has 0 spiro atoms. The van der Waals surface area contributed by atoms with E-state index in [0.717, 1.165) is 24.8 Å². The van der Waals surface area contributed by atoms with Gasteiger partial charge in [0.15, 0.2) is 0 Å². The van der Waals surface area contributed by atoms with Crippen LogP contribution in [0.15, 0.2) is 30.3 Å². The SMILES string of the molecule is CC(O)C1CCCCN1C(=O)/C=C/c1ccc(F)cc1. The van der Waals surface area contributed by atoms with Gasteiger partial charge in [-0.3, -0.25) is 4.79 Å². The fourth-order valence-electron chi connectivity index (χ4n) is 2.57. The summed E-state index contributed by atoms with van der Waals surface area (Å²) >= 11 is 0. The number of likely N-dealkylation sites (tertiary alicyclic amines) is 1. The van der Waals surface area contributed by atoms with Gasteiger partial charge in [0, 0.05) is 12.6 Å². The summed E-state index contributed by atoms with van der Waals surface area (Å²) in [7, 11) is 0. The van der Waals surface area contributed by atoms with Gasteiger partial charge in [-0.05, 0) is 50.0 Å². The van der Waals surface area contributed by atoms with Crippen molar-refractivity contribution in [2.24, 2.45) is 0 Å². The summed E-state index contributed by atoms with van der Waals surface area (Å²) in [6.07, 6.45) is 5.51. The van der Waals surface area contributed by atoms with Gasteiger partial charge in [0.25, 0.3) is 0 Å². The quantitative estimate of drug-likeness (QED) is 0.863. The molecule has 1 aliphatic rings. The second-order valence-electron chi connectivity index (χ2n) is 5.22. The van der Waals surface area contributed by atoms with E-state index in [1.807, 2.05) is 0 Å². The fraction of sp³-hybridized carbons (Fsp3) is 0.438. The third-order valence-electron chi connectivity index (χ3n) is 3.68. The number of hydrogen-bond acceptors (Lipinski definition) is 2. The predicted molar refractivity (Wildman–Crippen MR) is 76.5 cm³/mol. The third-order valence-corrected chi connectivity index (χ3v) is 3.68. The summed E-state index contributed by atoms with van der Waals surface area (Å²) in [5.41, 5.74) is 0.783. The Kier molecular flexibility index (Phi) is 4.90. The van der Waals surface area contributed by atoms with E-state index in [0.29, 0.717) is 6.54 Å². The molecule has 1 aromatic carbocycles. The van der Waals surface area contributed by atoms with Crippen molar-refractivity contribution >= 4 is 12.0 Å². The molecule has 108 valence electrons. The lowest BCUT2D eigenvalue weighted by Crippen LogP contribution is -2.48. The lowest BCUT2D eigenvalue weighted by atomic mass is 9.98. The second-order valence-corrected chi connectivity index (χ2v) is 5.22. The minimum atomic E-state index is -0.515. The van der Waals surface area contributed by atoms with E-state index in [1.54, 1.807) is 30.0 Å². The molecular weight excluding hydrogens is 257 g/mol. The zero-order valence-electron chi connectivity index (χ0n) is 11.6. The predicted octanol–water partition coefficient (Wildman–Crippen LogP) is 2.60. The van der Waals surface area contributed by atoms with Crippen LogP contribution in [-0.2, 0) is 4.79 Å². The number of carbonyl (C=O) groups excluding carboxylic acids is 1. The van der Waals surface area contributed by atoms with Crippen molar-refractivity contribution in [3.05, 3.63) is 41.7 Å². The Labute approximate surface area is 118 Å². The monoisotopic (exact) mass is 277 g/mol. The van der Waals surface area contributed by atoms with Gasteiger partial charge in [-0.2, -0.15) is 0 Å². The van der Waals surface area contributed by atoms with Gasteiger partial charge in [0.05, 0.1) is 12.1 Å². The van der Waals surface area contributed by atoms with Crippen LogP contribution >= 0.6 is 0 Å². The van der Waals surface area contributed by atoms with Gasteiger partial charge in [0.2, 0.25) is 5.91 Å². The van der Waals surface area contributed by atoms with Gasteiger partial charge in [-0.15, -0.1) is 0 Å². The van der Waals surface area contributed by atoms with Crippen LogP contribution in [0.3, 0.4) is 0 Å². The molecule has 1 aromatic rings. The molecule has 2 unspecified atom stereocenters. The first-order valence-corrected chi connectivity index (χ1v) is 7.00. The number of aliphatic hydroxyl groups excluding tert-OH is 1. The average Bonchev–Trinajstić information content (AvgIpc) is 2.46. The number of rotatable bonds is 3. The Morgan fingerprint density at radius 3 is 2.75 bits per heavy atom. The van der Waals surface area contributed by atoms with Crippen molar-refractivity contribution in [2.75, 3.05) is 6.54 Å². The molecule has 2 rings (SSSR count). The smallest absolute Gasteiger partial charge is 0.246 e. The zero-order valence-corrected chi connectivity index (χ0v) is 11.6. The maximum absolute atomic E-state index is 12.8. The topological polar surface area (TPSA) is 40.5 Å². The highest BCUT2D eigenvalue weighted by Gasteiger charge is 2.28. The highest BCUT2D eigenvalue weighted by atomic mass is 19.1. The minimum Gasteiger partial charge on any atom is -0.391 e. The first-order chi connectivity index (χ1) is 9.58. The summed E-state index contributed by atoms with van der Waals surface area (Å²) in [6, 6.07) is 5.88. The van der Waals surface area contributed by atoms with Gasteiger partial charge in [0.1, 0.15) is 5.82 Å². The molecule has 4 heteroatoms. The van der Waals surface area contributed by atoms with E-state index in [9.17, 15) is 14.3 Å². The molecular formula is C16H20FNO2. The number of nitrogens with zero attached hydrogens (tertiary/aromatic N) is 1. The van der Waals surface area contributed by atoms with E-state index >= 15 is 0 Å². The first kappa shape index (κ1) is 14.7. The largest absolute Gasteiger partial charge is 0.391 e. The van der Waals surface area contributed by atoms with Crippen molar-refractivity contribution in [1.82, 2.24) is 4.90 Å². The molecule has 0 radical (unpaired) electrons. The number of carbonyl (C=O) groups is 1. The molecule has 0 aliphatic carbocycles. The Hall–Kier alpha value is -1.68. The number of hydrogen-bond donors (Lipinski definition) is 1. The lowest BCUT2D eigenvalue weighted by molar-refractivity contribution is -0.132. The van der Waals surface area contributed by atoms with E-state index in [1.165, 1.54) is 18.2 Å². The zero-order chi connectivity index (χ0) is 14.5. The van der Waals surface area contributed by atoms with Gasteiger partial charge >= 0.3 is 0 Å². The molecule has 1 saturated heterocycles. The number of benzene rings is 1. The third kappa shape index (κ3) is 3.67. The van der Waals surface area contributed by atoms with Crippen molar-refractivity contribution < 1.29 is 14.3 Å². The fourth-order valence-corrected chi connectivity index (χ4v) is 2.57. The summed E-state index contributed by atoms with van der Waals surface area (Å²) < 4.78 is 12.8. The van der Waals surface area contributed by atoms with Crippen LogP contribution in [0.2, 0.25) is 0 Å². The van der Waals surface area contributed by atoms with E-state index < -0.39 is 6.10 Å². The summed E-state index contributed by atoms with van der Waals surface area (Å²) in [5.74, 6) is -0.390. The van der Waals surface area contributed by atoms with Crippen LogP contribution in [0.25, 0.3) is 6.08 Å². The molecule has 0 saturated carbocycles. The maximum atomic E-state index is 12.8. The van der Waals surface area contributed by atoms with Gasteiger partial charge < -0.3 is 10.0 Å². The first-order valence-electron chi connectivity index (χ1n) is 7.00. The summed E-state index contributed by atoms with van der Waals surface area (Å²) in [6.45, 7) is 2.40. The number of piperidine rings is 1. The van der Waals surface area contributed by atoms with Crippen molar-refractivity contribution in [3.63, 3.8) is 0 Å². The van der Waals surface area contributed by atoms with Crippen LogP contribution in [0.1, 0.15) is 31.7 Å². The van der Waals surface area contributed by atoms with Gasteiger partial charge in [-0.25, -0.2) is 4.39 Å². The van der Waals surface area contributed by atoms with Crippen molar-refractivity contribution in [1.29, 1.82) is 0 Å². The molecule has 1 aliphatic heterocycles. The highest BCUT2D eigenvalue weighted by molar-refractivity contribution is 5.92. The molecule has 0 aromatic heterocycles. The maximum Gasteiger partial charge on any atom is 0.246 e. The Morgan fingerprint density at radius 2 is 2.10 bits per heavy atom. The molecule has 1 heterocycles. The summed E-state index contributed by atoms with van der Waals surface area (Å²) in [5, 5.41) is 9.75. The Bertz CT molecular complexity index is 482. The van der Waals surface area contributed by atoms with Gasteiger partial charge in [-0.1, -0.05) is 12.1 Å². The van der Waals surface area contributed by atoms with E-state index in [2.05, 4.69) is 0 Å². The van der Waals surface area contributed by atoms with Crippen LogP contribution in [-0.4, -0.2) is 34.6 Å². The number of halogens is 1. The Balaban J connectivity index is 2.04. The molecule has 1 fully saturated rings. The van der Waals surface area contributed by atoms with Crippen molar-refractivity contribution in [3.8, 4) is 0 Å². The van der Waals surface area contributed by atoms with Crippen LogP contribution in [0, 0.1) is 5.82 Å². The molecule has 2 atom stereocenters. The summed E-state index contributed by atoms with van der Waals surface area (Å²) in [4.78, 5) is 13.9. The standard InChI is InChI=1S/C16H20FNO2/c1-12(19)15-4-2-3-11-18(15)16(20)10-7-13-5-8-14(17)9-6-13/h5-10,12,15,19H,2-4,11H2,1H3/b10-7+. The van der Waals surface area contributed by atoms with Crippen LogP contribution in [0.5, 0.6) is 0 Å². The molecule has 0 bridgehead atoms. The number of amides is 1. The molecule has 20 heavy (non-hydrogen) atoms. The number of aliphatic hydroxyl groups is 1. The minimum absolute atomic E-state index is 0.0973.